The Morgan fingerprint density at radius 3 is 2.30 bits per heavy atom. The first-order valence-electron chi connectivity index (χ1n) is 6.83. The van der Waals surface area contributed by atoms with E-state index in [1.54, 1.807) is 0 Å². The van der Waals surface area contributed by atoms with Crippen molar-refractivity contribution < 1.29 is 4.74 Å². The molecule has 0 aliphatic heterocycles. The van der Waals surface area contributed by atoms with Crippen molar-refractivity contribution in [1.29, 1.82) is 0 Å². The van der Waals surface area contributed by atoms with Gasteiger partial charge in [-0.05, 0) is 43.0 Å². The molecular weight excluding hydrogens is 250 g/mol. The first-order valence-corrected chi connectivity index (χ1v) is 6.83. The standard InChI is InChI=1S/C16H21N3O/c1-10(2)13-5-7-14(8-6-13)20-16-15(9-17)11(3)12(4)18-19-16/h5-8,10H,9,17H2,1-4H3. The van der Waals surface area contributed by atoms with Crippen molar-refractivity contribution in [2.45, 2.75) is 40.2 Å². The quantitative estimate of drug-likeness (QED) is 0.925. The van der Waals surface area contributed by atoms with Crippen LogP contribution >= 0.6 is 0 Å². The molecule has 4 heteroatoms. The number of nitrogens with zero attached hydrogens (tertiary/aromatic N) is 2. The second kappa shape index (κ2) is 6.01. The van der Waals surface area contributed by atoms with Crippen LogP contribution in [0.25, 0.3) is 0 Å². The van der Waals surface area contributed by atoms with Gasteiger partial charge in [0, 0.05) is 12.1 Å². The molecule has 2 N–H and O–H groups in total. The molecular formula is C16H21N3O. The number of hydrogen-bond acceptors (Lipinski definition) is 4. The molecule has 0 spiro atoms. The van der Waals surface area contributed by atoms with Crippen LogP contribution in [0.5, 0.6) is 11.6 Å². The Hall–Kier alpha value is -1.94. The molecule has 20 heavy (non-hydrogen) atoms. The van der Waals surface area contributed by atoms with Crippen molar-refractivity contribution in [3.05, 3.63) is 46.6 Å². The van der Waals surface area contributed by atoms with Crippen LogP contribution in [-0.4, -0.2) is 10.2 Å². The average Bonchev–Trinajstić information content (AvgIpc) is 2.44. The maximum atomic E-state index is 5.82. The summed E-state index contributed by atoms with van der Waals surface area (Å²) in [7, 11) is 0. The fourth-order valence-electron chi connectivity index (χ4n) is 1.99. The molecule has 0 unspecified atom stereocenters. The van der Waals surface area contributed by atoms with E-state index >= 15 is 0 Å². The third kappa shape index (κ3) is 2.96. The lowest BCUT2D eigenvalue weighted by Crippen LogP contribution is -2.07. The molecule has 2 rings (SSSR count). The highest BCUT2D eigenvalue weighted by Crippen LogP contribution is 2.26. The van der Waals surface area contributed by atoms with E-state index in [1.807, 2.05) is 26.0 Å². The Morgan fingerprint density at radius 2 is 1.75 bits per heavy atom. The molecule has 0 amide bonds. The topological polar surface area (TPSA) is 61.0 Å². The first kappa shape index (κ1) is 14.5. The summed E-state index contributed by atoms with van der Waals surface area (Å²) in [6.07, 6.45) is 0. The van der Waals surface area contributed by atoms with Gasteiger partial charge in [-0.2, -0.15) is 5.10 Å². The maximum Gasteiger partial charge on any atom is 0.243 e. The molecule has 0 aliphatic rings. The van der Waals surface area contributed by atoms with Crippen molar-refractivity contribution in [3.63, 3.8) is 0 Å². The normalized spacial score (nSPS) is 10.9. The lowest BCUT2D eigenvalue weighted by Gasteiger charge is -2.12. The van der Waals surface area contributed by atoms with Gasteiger partial charge in [0.05, 0.1) is 5.69 Å². The minimum atomic E-state index is 0.390. The molecule has 2 aromatic rings. The zero-order chi connectivity index (χ0) is 14.7. The molecule has 106 valence electrons. The number of ether oxygens (including phenoxy) is 1. The van der Waals surface area contributed by atoms with Crippen LogP contribution in [0.2, 0.25) is 0 Å². The van der Waals surface area contributed by atoms with E-state index in [1.165, 1.54) is 5.56 Å². The molecule has 0 saturated carbocycles. The van der Waals surface area contributed by atoms with Crippen LogP contribution in [0.1, 0.15) is 42.1 Å². The van der Waals surface area contributed by atoms with Gasteiger partial charge in [0.25, 0.3) is 0 Å². The summed E-state index contributed by atoms with van der Waals surface area (Å²) in [5, 5.41) is 8.21. The van der Waals surface area contributed by atoms with Gasteiger partial charge in [0.2, 0.25) is 5.88 Å². The number of aryl methyl sites for hydroxylation is 1. The van der Waals surface area contributed by atoms with E-state index in [4.69, 9.17) is 10.5 Å². The highest BCUT2D eigenvalue weighted by molar-refractivity contribution is 5.38. The average molecular weight is 271 g/mol. The molecule has 0 atom stereocenters. The van der Waals surface area contributed by atoms with Crippen LogP contribution < -0.4 is 10.5 Å². The molecule has 0 saturated heterocycles. The Kier molecular flexibility index (Phi) is 4.35. The van der Waals surface area contributed by atoms with Crippen molar-refractivity contribution >= 4 is 0 Å². The molecule has 0 radical (unpaired) electrons. The highest BCUT2D eigenvalue weighted by atomic mass is 16.5. The number of nitrogens with two attached hydrogens (primary N) is 1. The Balaban J connectivity index is 2.28. The van der Waals surface area contributed by atoms with Gasteiger partial charge in [0.1, 0.15) is 5.75 Å². The summed E-state index contributed by atoms with van der Waals surface area (Å²) in [6, 6.07) is 8.03. The second-order valence-electron chi connectivity index (χ2n) is 5.22. The molecule has 1 heterocycles. The molecule has 0 bridgehead atoms. The summed E-state index contributed by atoms with van der Waals surface area (Å²) in [5.74, 6) is 1.75. The Bertz CT molecular complexity index is 591. The summed E-state index contributed by atoms with van der Waals surface area (Å²) in [6.45, 7) is 8.62. The van der Waals surface area contributed by atoms with E-state index in [0.717, 1.165) is 22.6 Å². The molecule has 0 fully saturated rings. The molecule has 1 aromatic heterocycles. The highest BCUT2D eigenvalue weighted by Gasteiger charge is 2.12. The van der Waals surface area contributed by atoms with Crippen molar-refractivity contribution in [3.8, 4) is 11.6 Å². The van der Waals surface area contributed by atoms with E-state index < -0.39 is 0 Å². The van der Waals surface area contributed by atoms with Crippen molar-refractivity contribution in [1.82, 2.24) is 10.2 Å². The number of aromatic nitrogens is 2. The van der Waals surface area contributed by atoms with Gasteiger partial charge < -0.3 is 10.5 Å². The summed E-state index contributed by atoms with van der Waals surface area (Å²) < 4.78 is 5.82. The van der Waals surface area contributed by atoms with Crippen LogP contribution in [0.4, 0.5) is 0 Å². The van der Waals surface area contributed by atoms with E-state index in [2.05, 4.69) is 36.2 Å². The first-order chi connectivity index (χ1) is 9.52. The van der Waals surface area contributed by atoms with E-state index in [-0.39, 0.29) is 0 Å². The van der Waals surface area contributed by atoms with Crippen LogP contribution in [0, 0.1) is 13.8 Å². The predicted molar refractivity (Wildman–Crippen MR) is 80.0 cm³/mol. The lowest BCUT2D eigenvalue weighted by molar-refractivity contribution is 0.446. The van der Waals surface area contributed by atoms with Crippen LogP contribution in [0.3, 0.4) is 0 Å². The predicted octanol–water partition coefficient (Wildman–Crippen LogP) is 3.47. The van der Waals surface area contributed by atoms with Gasteiger partial charge in [-0.3, -0.25) is 0 Å². The third-order valence-corrected chi connectivity index (χ3v) is 3.51. The number of benzene rings is 1. The fourth-order valence-corrected chi connectivity index (χ4v) is 1.99. The largest absolute Gasteiger partial charge is 0.437 e. The minimum absolute atomic E-state index is 0.390. The fraction of sp³-hybridized carbons (Fsp3) is 0.375. The van der Waals surface area contributed by atoms with Gasteiger partial charge in [0.15, 0.2) is 0 Å². The maximum absolute atomic E-state index is 5.82. The second-order valence-corrected chi connectivity index (χ2v) is 5.22. The van der Waals surface area contributed by atoms with Crippen molar-refractivity contribution in [2.75, 3.05) is 0 Å². The van der Waals surface area contributed by atoms with Crippen molar-refractivity contribution in [2.24, 2.45) is 5.73 Å². The Labute approximate surface area is 120 Å². The zero-order valence-electron chi connectivity index (χ0n) is 12.5. The summed E-state index contributed by atoms with van der Waals surface area (Å²) >= 11 is 0. The van der Waals surface area contributed by atoms with Gasteiger partial charge in [-0.15, -0.1) is 5.10 Å². The van der Waals surface area contributed by atoms with Gasteiger partial charge >= 0.3 is 0 Å². The SMILES string of the molecule is Cc1nnc(Oc2ccc(C(C)C)cc2)c(CN)c1C. The number of hydrogen-bond donors (Lipinski definition) is 1. The van der Waals surface area contributed by atoms with Gasteiger partial charge in [-0.1, -0.05) is 26.0 Å². The van der Waals surface area contributed by atoms with E-state index in [0.29, 0.717) is 18.3 Å². The lowest BCUT2D eigenvalue weighted by atomic mass is 10.0. The summed E-state index contributed by atoms with van der Waals surface area (Å²) in [5.41, 5.74) is 9.90. The van der Waals surface area contributed by atoms with Crippen LogP contribution in [-0.2, 0) is 6.54 Å². The minimum Gasteiger partial charge on any atom is -0.437 e. The monoisotopic (exact) mass is 271 g/mol. The molecule has 0 aliphatic carbocycles. The van der Waals surface area contributed by atoms with E-state index in [9.17, 15) is 0 Å². The number of rotatable bonds is 4. The van der Waals surface area contributed by atoms with Gasteiger partial charge in [-0.25, -0.2) is 0 Å². The van der Waals surface area contributed by atoms with Crippen LogP contribution in [0.15, 0.2) is 24.3 Å². The molecule has 4 nitrogen and oxygen atoms in total. The molecule has 1 aromatic carbocycles. The zero-order valence-corrected chi connectivity index (χ0v) is 12.5. The summed E-state index contributed by atoms with van der Waals surface area (Å²) in [4.78, 5) is 0. The third-order valence-electron chi connectivity index (χ3n) is 3.51. The smallest absolute Gasteiger partial charge is 0.243 e. The Morgan fingerprint density at radius 1 is 1.10 bits per heavy atom.